The predicted molar refractivity (Wildman–Crippen MR) is 87.5 cm³/mol. The Kier molecular flexibility index (Phi) is 5.40. The second-order valence-electron chi connectivity index (χ2n) is 8.66. The topological polar surface area (TPSA) is 83.8 Å². The maximum Gasteiger partial charge on any atom is 0.406 e. The highest BCUT2D eigenvalue weighted by Crippen LogP contribution is 2.62. The van der Waals surface area contributed by atoms with Gasteiger partial charge in [0, 0.05) is 6.42 Å². The van der Waals surface area contributed by atoms with E-state index in [0.29, 0.717) is 18.3 Å². The van der Waals surface area contributed by atoms with Crippen LogP contribution in [0, 0.1) is 17.3 Å². The molecule has 10 heteroatoms. The van der Waals surface area contributed by atoms with Crippen molar-refractivity contribution in [3.05, 3.63) is 0 Å². The molecule has 156 valence electrons. The fraction of sp³-hybridized carbons (Fsp3) is 0.941. The Morgan fingerprint density at radius 3 is 2.26 bits per heavy atom. The molecule has 5 nitrogen and oxygen atoms in total. The van der Waals surface area contributed by atoms with E-state index in [1.54, 1.807) is 0 Å². The van der Waals surface area contributed by atoms with E-state index < -0.39 is 53.3 Å². The Morgan fingerprint density at radius 1 is 1.15 bits per heavy atom. The number of halogens is 4. The lowest BCUT2D eigenvalue weighted by Crippen LogP contribution is -2.56. The Balaban J connectivity index is 1.46. The molecule has 0 amide bonds. The van der Waals surface area contributed by atoms with E-state index in [4.69, 9.17) is 9.29 Å². The number of rotatable bonds is 8. The lowest BCUT2D eigenvalue weighted by molar-refractivity contribution is -0.178. The number of ether oxygens (including phenoxy) is 1. The van der Waals surface area contributed by atoms with Crippen molar-refractivity contribution >= 4 is 17.0 Å². The minimum Gasteiger partial charge on any atom is -0.466 e. The zero-order valence-corrected chi connectivity index (χ0v) is 15.6. The van der Waals surface area contributed by atoms with Crippen LogP contribution in [0.25, 0.3) is 0 Å². The fourth-order valence-corrected chi connectivity index (χ4v) is 6.08. The van der Waals surface area contributed by atoms with Crippen LogP contribution in [0.5, 0.6) is 0 Å². The van der Waals surface area contributed by atoms with Gasteiger partial charge in [0.1, 0.15) is 0 Å². The number of carbonyl (C=O) groups is 1. The van der Waals surface area contributed by atoms with Gasteiger partial charge in [-0.3, -0.25) is 4.79 Å². The molecular formula is C17H24F4O5S. The van der Waals surface area contributed by atoms with Crippen LogP contribution in [-0.4, -0.2) is 43.2 Å². The summed E-state index contributed by atoms with van der Waals surface area (Å²) in [5, 5.41) is 5.60. The van der Waals surface area contributed by atoms with Gasteiger partial charge in [-0.1, -0.05) is 0 Å². The zero-order chi connectivity index (χ0) is 20.1. The van der Waals surface area contributed by atoms with Crippen molar-refractivity contribution in [2.75, 3.05) is 6.61 Å². The second-order valence-corrected chi connectivity index (χ2v) is 9.67. The average molecular weight is 416 g/mol. The molecule has 4 rings (SSSR count). The number of esters is 1. The van der Waals surface area contributed by atoms with E-state index in [2.05, 4.69) is 0 Å². The van der Waals surface area contributed by atoms with Crippen LogP contribution in [-0.2, 0) is 20.6 Å². The first-order chi connectivity index (χ1) is 12.4. The Labute approximate surface area is 157 Å². The summed E-state index contributed by atoms with van der Waals surface area (Å²) in [4.78, 5) is 12.1. The first-order valence-corrected chi connectivity index (χ1v) is 10.2. The number of alkyl halides is 4. The molecule has 4 aliphatic rings. The summed E-state index contributed by atoms with van der Waals surface area (Å²) in [5.41, 5.74) is -1.04. The van der Waals surface area contributed by atoms with Crippen molar-refractivity contribution in [2.45, 2.75) is 74.6 Å². The molecule has 0 spiro atoms. The number of hydrogen-bond acceptors (Lipinski definition) is 4. The third-order valence-electron chi connectivity index (χ3n) is 6.21. The molecule has 0 aromatic carbocycles. The standard InChI is InChI=1S/C17H24F4O5S/c18-16(19,17(20,21)27(24)25)2-1-3-26-13(22)9-14-5-11-4-12(6-14)8-15(23,7-11)10-14/h11-12,23H,1-10H2,(H,24,25). The highest BCUT2D eigenvalue weighted by molar-refractivity contribution is 7.80. The lowest BCUT2D eigenvalue weighted by Gasteiger charge is -2.60. The summed E-state index contributed by atoms with van der Waals surface area (Å²) in [6, 6.07) is 0. The molecule has 4 aliphatic carbocycles. The van der Waals surface area contributed by atoms with Crippen LogP contribution in [0.3, 0.4) is 0 Å². The van der Waals surface area contributed by atoms with Crippen molar-refractivity contribution in [3.63, 3.8) is 0 Å². The molecule has 3 atom stereocenters. The zero-order valence-electron chi connectivity index (χ0n) is 14.8. The van der Waals surface area contributed by atoms with Crippen LogP contribution < -0.4 is 0 Å². The predicted octanol–water partition coefficient (Wildman–Crippen LogP) is 3.48. The maximum atomic E-state index is 13.3. The van der Waals surface area contributed by atoms with E-state index in [-0.39, 0.29) is 11.8 Å². The van der Waals surface area contributed by atoms with Gasteiger partial charge in [-0.25, -0.2) is 4.21 Å². The SMILES string of the molecule is O=C(CC12CC3CC(CC(O)(C3)C1)C2)OCCCC(F)(F)C(F)(F)S(=O)O. The monoisotopic (exact) mass is 416 g/mol. The van der Waals surface area contributed by atoms with Crippen LogP contribution in [0.1, 0.15) is 57.8 Å². The van der Waals surface area contributed by atoms with Gasteiger partial charge >= 0.3 is 17.1 Å². The van der Waals surface area contributed by atoms with E-state index in [9.17, 15) is 31.7 Å². The maximum absolute atomic E-state index is 13.3. The van der Waals surface area contributed by atoms with Crippen molar-refractivity contribution in [1.82, 2.24) is 0 Å². The smallest absolute Gasteiger partial charge is 0.406 e. The summed E-state index contributed by atoms with van der Waals surface area (Å²) < 4.78 is 76.3. The highest BCUT2D eigenvalue weighted by Gasteiger charge is 2.61. The fourth-order valence-electron chi connectivity index (χ4n) is 5.72. The van der Waals surface area contributed by atoms with Crippen LogP contribution in [0.2, 0.25) is 0 Å². The minimum atomic E-state index is -5.05. The molecule has 4 saturated carbocycles. The van der Waals surface area contributed by atoms with Crippen molar-refractivity contribution in [3.8, 4) is 0 Å². The van der Waals surface area contributed by atoms with Crippen molar-refractivity contribution < 1.29 is 41.0 Å². The quantitative estimate of drug-likeness (QED) is 0.274. The first kappa shape index (κ1) is 21.0. The van der Waals surface area contributed by atoms with E-state index >= 15 is 0 Å². The van der Waals surface area contributed by atoms with Gasteiger partial charge in [0.05, 0.1) is 18.6 Å². The molecule has 4 fully saturated rings. The molecule has 0 aliphatic heterocycles. The number of hydrogen-bond donors (Lipinski definition) is 2. The third-order valence-corrected chi connectivity index (χ3v) is 6.95. The van der Waals surface area contributed by atoms with E-state index in [0.717, 1.165) is 32.1 Å². The van der Waals surface area contributed by atoms with Gasteiger partial charge in [-0.15, -0.1) is 0 Å². The van der Waals surface area contributed by atoms with E-state index in [1.165, 1.54) is 0 Å². The minimum absolute atomic E-state index is 0.0928. The van der Waals surface area contributed by atoms with Crippen molar-refractivity contribution in [2.24, 2.45) is 17.3 Å². The molecule has 0 saturated heterocycles. The summed E-state index contributed by atoms with van der Waals surface area (Å²) in [7, 11) is 0. The molecule has 0 heterocycles. The first-order valence-electron chi connectivity index (χ1n) is 9.11. The summed E-state index contributed by atoms with van der Waals surface area (Å²) in [6.45, 7) is -0.463. The normalized spacial score (nSPS) is 36.7. The number of carbonyl (C=O) groups excluding carboxylic acids is 1. The lowest BCUT2D eigenvalue weighted by atomic mass is 9.47. The van der Waals surface area contributed by atoms with Gasteiger partial charge < -0.3 is 14.4 Å². The van der Waals surface area contributed by atoms with Crippen molar-refractivity contribution in [1.29, 1.82) is 0 Å². The summed E-state index contributed by atoms with van der Waals surface area (Å²) >= 11 is -3.99. The van der Waals surface area contributed by atoms with Crippen LogP contribution in [0.4, 0.5) is 17.6 Å². The molecule has 0 aromatic heterocycles. The third kappa shape index (κ3) is 4.17. The molecule has 3 unspecified atom stereocenters. The molecular weight excluding hydrogens is 392 g/mol. The van der Waals surface area contributed by atoms with Crippen LogP contribution >= 0.6 is 0 Å². The van der Waals surface area contributed by atoms with Gasteiger partial charge in [0.15, 0.2) is 0 Å². The van der Waals surface area contributed by atoms with Gasteiger partial charge in [-0.2, -0.15) is 17.6 Å². The largest absolute Gasteiger partial charge is 0.466 e. The van der Waals surface area contributed by atoms with Gasteiger partial charge in [-0.05, 0) is 62.2 Å². The molecule has 0 aromatic rings. The summed E-state index contributed by atoms with van der Waals surface area (Å²) in [6.07, 6.45) is 2.98. The molecule has 27 heavy (non-hydrogen) atoms. The second kappa shape index (κ2) is 6.95. The van der Waals surface area contributed by atoms with Crippen LogP contribution in [0.15, 0.2) is 0 Å². The Morgan fingerprint density at radius 2 is 1.74 bits per heavy atom. The molecule has 0 radical (unpaired) electrons. The van der Waals surface area contributed by atoms with E-state index in [1.807, 2.05) is 0 Å². The summed E-state index contributed by atoms with van der Waals surface area (Å²) in [5.74, 6) is -4.46. The number of aliphatic hydroxyl groups is 1. The average Bonchev–Trinajstić information content (AvgIpc) is 2.48. The highest BCUT2D eigenvalue weighted by atomic mass is 32.2. The Bertz CT molecular complexity index is 612. The molecule has 2 N–H and O–H groups in total. The molecule has 4 bridgehead atoms. The Hall–Kier alpha value is -0.740. The van der Waals surface area contributed by atoms with Gasteiger partial charge in [0.25, 0.3) is 0 Å². The van der Waals surface area contributed by atoms with Gasteiger partial charge in [0.2, 0.25) is 11.1 Å².